The Morgan fingerprint density at radius 1 is 0.917 bits per heavy atom. The minimum atomic E-state index is 0.681. The molecule has 0 saturated carbocycles. The Hall–Kier alpha value is -2.50. The molecule has 0 radical (unpaired) electrons. The highest BCUT2D eigenvalue weighted by Gasteiger charge is 2.13. The highest BCUT2D eigenvalue weighted by molar-refractivity contribution is 6.30. The number of aromatic nitrogens is 2. The van der Waals surface area contributed by atoms with Crippen LogP contribution in [0.5, 0.6) is 0 Å². The summed E-state index contributed by atoms with van der Waals surface area (Å²) in [5.41, 5.74) is 1.85. The summed E-state index contributed by atoms with van der Waals surface area (Å²) in [4.78, 5) is 6.88. The number of imidazole rings is 1. The van der Waals surface area contributed by atoms with Crippen molar-refractivity contribution in [2.24, 2.45) is 0 Å². The van der Waals surface area contributed by atoms with Gasteiger partial charge in [0.2, 0.25) is 0 Å². The van der Waals surface area contributed by atoms with Crippen LogP contribution in [0.15, 0.2) is 70.2 Å². The van der Waals surface area contributed by atoms with E-state index in [1.54, 1.807) is 12.5 Å². The number of fused-ring (bicyclic) bond motifs is 1. The highest BCUT2D eigenvalue weighted by atomic mass is 35.5. The van der Waals surface area contributed by atoms with Crippen LogP contribution in [-0.2, 0) is 19.6 Å². The van der Waals surface area contributed by atoms with Crippen molar-refractivity contribution in [3.63, 3.8) is 0 Å². The van der Waals surface area contributed by atoms with Crippen molar-refractivity contribution in [1.29, 1.82) is 0 Å². The second-order valence-electron chi connectivity index (χ2n) is 5.65. The molecule has 0 aromatic carbocycles. The first-order chi connectivity index (χ1) is 11.8. The maximum absolute atomic E-state index is 6.04. The smallest absolute Gasteiger partial charge is 0.137 e. The summed E-state index contributed by atoms with van der Waals surface area (Å²) in [6.07, 6.45) is 7.23. The van der Waals surface area contributed by atoms with Crippen molar-refractivity contribution in [3.05, 3.63) is 83.6 Å². The Bertz CT molecular complexity index is 877. The number of rotatable bonds is 6. The summed E-state index contributed by atoms with van der Waals surface area (Å²) < 4.78 is 12.9. The molecule has 4 rings (SSSR count). The van der Waals surface area contributed by atoms with Crippen molar-refractivity contribution < 1.29 is 8.83 Å². The average molecular weight is 342 g/mol. The van der Waals surface area contributed by atoms with Crippen LogP contribution in [-0.4, -0.2) is 14.3 Å². The van der Waals surface area contributed by atoms with Crippen LogP contribution in [0.3, 0.4) is 0 Å². The molecule has 0 fully saturated rings. The Morgan fingerprint density at radius 2 is 1.62 bits per heavy atom. The van der Waals surface area contributed by atoms with Gasteiger partial charge in [-0.3, -0.25) is 4.90 Å². The molecule has 4 aromatic heterocycles. The highest BCUT2D eigenvalue weighted by Crippen LogP contribution is 2.16. The van der Waals surface area contributed by atoms with E-state index >= 15 is 0 Å². The zero-order valence-electron chi connectivity index (χ0n) is 12.9. The molecule has 24 heavy (non-hydrogen) atoms. The van der Waals surface area contributed by atoms with Gasteiger partial charge in [-0.25, -0.2) is 4.98 Å². The van der Waals surface area contributed by atoms with Crippen LogP contribution < -0.4 is 0 Å². The van der Waals surface area contributed by atoms with Gasteiger partial charge in [0.15, 0.2) is 0 Å². The first kappa shape index (κ1) is 15.1. The molecule has 0 N–H and O–H groups in total. The zero-order chi connectivity index (χ0) is 16.4. The monoisotopic (exact) mass is 341 g/mol. The topological polar surface area (TPSA) is 46.8 Å². The second kappa shape index (κ2) is 6.55. The van der Waals surface area contributed by atoms with Crippen LogP contribution in [0, 0.1) is 0 Å². The lowest BCUT2D eigenvalue weighted by molar-refractivity contribution is 0.207. The third-order valence-corrected chi connectivity index (χ3v) is 3.99. The fraction of sp³-hybridized carbons (Fsp3) is 0.167. The Labute approximate surface area is 144 Å². The third-order valence-electron chi connectivity index (χ3n) is 3.77. The maximum Gasteiger partial charge on any atom is 0.137 e. The van der Waals surface area contributed by atoms with E-state index in [-0.39, 0.29) is 0 Å². The molecule has 0 unspecified atom stereocenters. The zero-order valence-corrected chi connectivity index (χ0v) is 13.7. The van der Waals surface area contributed by atoms with E-state index in [2.05, 4.69) is 9.88 Å². The molecule has 0 aliphatic heterocycles. The normalized spacial score (nSPS) is 11.6. The Balaban J connectivity index is 1.57. The van der Waals surface area contributed by atoms with E-state index < -0.39 is 0 Å². The van der Waals surface area contributed by atoms with Gasteiger partial charge in [-0.1, -0.05) is 11.6 Å². The lowest BCUT2D eigenvalue weighted by Gasteiger charge is -2.18. The van der Waals surface area contributed by atoms with Gasteiger partial charge in [0.25, 0.3) is 0 Å². The first-order valence-electron chi connectivity index (χ1n) is 7.66. The molecule has 122 valence electrons. The fourth-order valence-electron chi connectivity index (χ4n) is 2.74. The number of pyridine rings is 1. The number of hydrogen-bond acceptors (Lipinski definition) is 4. The lowest BCUT2D eigenvalue weighted by atomic mass is 10.3. The van der Waals surface area contributed by atoms with Crippen molar-refractivity contribution in [3.8, 4) is 0 Å². The summed E-state index contributed by atoms with van der Waals surface area (Å²) in [5.74, 6) is 1.82. The molecular weight excluding hydrogens is 326 g/mol. The lowest BCUT2D eigenvalue weighted by Crippen LogP contribution is -2.22. The second-order valence-corrected chi connectivity index (χ2v) is 6.09. The average Bonchev–Trinajstić information content (AvgIpc) is 3.28. The van der Waals surface area contributed by atoms with Crippen molar-refractivity contribution in [2.45, 2.75) is 19.6 Å². The van der Waals surface area contributed by atoms with E-state index in [1.165, 1.54) is 0 Å². The van der Waals surface area contributed by atoms with Gasteiger partial charge in [0.1, 0.15) is 17.2 Å². The van der Waals surface area contributed by atoms with Gasteiger partial charge in [0, 0.05) is 18.9 Å². The molecule has 4 heterocycles. The fourth-order valence-corrected chi connectivity index (χ4v) is 2.90. The van der Waals surface area contributed by atoms with Crippen molar-refractivity contribution in [2.75, 3.05) is 0 Å². The molecule has 0 saturated heterocycles. The van der Waals surface area contributed by atoms with E-state index in [4.69, 9.17) is 20.4 Å². The minimum Gasteiger partial charge on any atom is -0.468 e. The molecule has 0 aliphatic rings. The third kappa shape index (κ3) is 3.37. The molecule has 0 bridgehead atoms. The van der Waals surface area contributed by atoms with E-state index in [0.29, 0.717) is 24.7 Å². The van der Waals surface area contributed by atoms with Crippen molar-refractivity contribution in [1.82, 2.24) is 14.3 Å². The number of halogens is 1. The first-order valence-corrected chi connectivity index (χ1v) is 8.04. The van der Waals surface area contributed by atoms with Crippen molar-refractivity contribution >= 4 is 17.2 Å². The SMILES string of the molecule is Clc1ccc2nc(CN(Cc3ccco3)Cc3ccco3)cn2c1. The predicted molar refractivity (Wildman–Crippen MR) is 90.6 cm³/mol. The summed E-state index contributed by atoms with van der Waals surface area (Å²) in [5, 5.41) is 0.689. The summed E-state index contributed by atoms with van der Waals surface area (Å²) >= 11 is 6.04. The standard InChI is InChI=1S/C18H16ClN3O2/c19-14-5-6-18-20-15(11-22(18)9-14)10-21(12-16-3-1-7-23-16)13-17-4-2-8-24-17/h1-9,11H,10,12-13H2. The van der Waals surface area contributed by atoms with Crippen LogP contribution in [0.25, 0.3) is 5.65 Å². The van der Waals surface area contributed by atoms with E-state index in [0.717, 1.165) is 22.9 Å². The minimum absolute atomic E-state index is 0.681. The summed E-state index contributed by atoms with van der Waals surface area (Å²) in [7, 11) is 0. The largest absolute Gasteiger partial charge is 0.468 e. The van der Waals surface area contributed by atoms with Gasteiger partial charge >= 0.3 is 0 Å². The molecule has 0 aliphatic carbocycles. The van der Waals surface area contributed by atoms with Gasteiger partial charge < -0.3 is 13.2 Å². The van der Waals surface area contributed by atoms with Gasteiger partial charge in [-0.15, -0.1) is 0 Å². The van der Waals surface area contributed by atoms with Crippen LogP contribution >= 0.6 is 11.6 Å². The van der Waals surface area contributed by atoms with E-state index in [1.807, 2.05) is 53.2 Å². The number of nitrogens with zero attached hydrogens (tertiary/aromatic N) is 3. The number of hydrogen-bond donors (Lipinski definition) is 0. The van der Waals surface area contributed by atoms with Crippen LogP contribution in [0.1, 0.15) is 17.2 Å². The maximum atomic E-state index is 6.04. The molecule has 5 nitrogen and oxygen atoms in total. The molecule has 0 amide bonds. The van der Waals surface area contributed by atoms with E-state index in [9.17, 15) is 0 Å². The van der Waals surface area contributed by atoms with Crippen LogP contribution in [0.2, 0.25) is 5.02 Å². The predicted octanol–water partition coefficient (Wildman–Crippen LogP) is 4.38. The molecule has 6 heteroatoms. The molecule has 0 spiro atoms. The summed E-state index contributed by atoms with van der Waals surface area (Å²) in [6, 6.07) is 11.5. The van der Waals surface area contributed by atoms with Gasteiger partial charge in [-0.2, -0.15) is 0 Å². The Kier molecular flexibility index (Phi) is 4.11. The van der Waals surface area contributed by atoms with Gasteiger partial charge in [-0.05, 0) is 36.4 Å². The molecule has 0 atom stereocenters. The summed E-state index contributed by atoms with van der Waals surface area (Å²) in [6.45, 7) is 2.05. The molecular formula is C18H16ClN3O2. The van der Waals surface area contributed by atoms with Crippen LogP contribution in [0.4, 0.5) is 0 Å². The molecule has 4 aromatic rings. The Morgan fingerprint density at radius 3 is 2.25 bits per heavy atom. The number of furan rings is 2. The van der Waals surface area contributed by atoms with Gasteiger partial charge in [0.05, 0.1) is 36.3 Å². The quantitative estimate of drug-likeness (QED) is 0.522.